The fraction of sp³-hybridized carbons (Fsp3) is 0.650. The number of nitrogens with zero attached hydrogens (tertiary/aromatic N) is 1. The molecule has 1 aromatic carbocycles. The number of fused-ring (bicyclic) bond motifs is 1. The van der Waals surface area contributed by atoms with Crippen molar-refractivity contribution in [3.8, 4) is 0 Å². The third kappa shape index (κ3) is 4.57. The maximum absolute atomic E-state index is 12.7. The second kappa shape index (κ2) is 9.06. The largest absolute Gasteiger partial charge is 0.379 e. The molecule has 0 spiro atoms. The van der Waals surface area contributed by atoms with E-state index in [0.29, 0.717) is 12.0 Å². The highest BCUT2D eigenvalue weighted by molar-refractivity contribution is 8.01. The van der Waals surface area contributed by atoms with Crippen LogP contribution in [0.2, 0.25) is 0 Å². The maximum Gasteiger partial charge on any atom is 0.233 e. The van der Waals surface area contributed by atoms with Gasteiger partial charge in [-0.3, -0.25) is 9.69 Å². The molecule has 5 heteroatoms. The summed E-state index contributed by atoms with van der Waals surface area (Å²) in [5.74, 6) is 0.803. The normalized spacial score (nSPS) is 22.0. The van der Waals surface area contributed by atoms with Crippen molar-refractivity contribution in [2.45, 2.75) is 49.3 Å². The van der Waals surface area contributed by atoms with Gasteiger partial charge in [-0.25, -0.2) is 0 Å². The molecule has 138 valence electrons. The fourth-order valence-corrected chi connectivity index (χ4v) is 5.20. The van der Waals surface area contributed by atoms with E-state index in [4.69, 9.17) is 4.74 Å². The highest BCUT2D eigenvalue weighted by Gasteiger charge is 2.31. The van der Waals surface area contributed by atoms with E-state index in [-0.39, 0.29) is 11.2 Å². The van der Waals surface area contributed by atoms with Crippen molar-refractivity contribution in [2.75, 3.05) is 32.8 Å². The van der Waals surface area contributed by atoms with Gasteiger partial charge in [0.15, 0.2) is 0 Å². The Hall–Kier alpha value is -1.04. The SMILES string of the molecule is CCC(CC)C(CNC(=O)C1Cc2ccccc2S1)N1CCOCC1. The number of morpholine rings is 1. The van der Waals surface area contributed by atoms with Crippen LogP contribution < -0.4 is 5.32 Å². The monoisotopic (exact) mass is 362 g/mol. The highest BCUT2D eigenvalue weighted by Crippen LogP contribution is 2.36. The number of benzene rings is 1. The van der Waals surface area contributed by atoms with Crippen LogP contribution in [0.1, 0.15) is 32.3 Å². The summed E-state index contributed by atoms with van der Waals surface area (Å²) in [6, 6.07) is 8.77. The van der Waals surface area contributed by atoms with E-state index in [1.807, 2.05) is 6.07 Å². The Labute approximate surface area is 155 Å². The smallest absolute Gasteiger partial charge is 0.233 e. The van der Waals surface area contributed by atoms with Crippen LogP contribution in [0.5, 0.6) is 0 Å². The fourth-order valence-electron chi connectivity index (χ4n) is 3.98. The second-order valence-corrected chi connectivity index (χ2v) is 8.20. The van der Waals surface area contributed by atoms with Crippen molar-refractivity contribution < 1.29 is 9.53 Å². The van der Waals surface area contributed by atoms with E-state index < -0.39 is 0 Å². The van der Waals surface area contributed by atoms with E-state index in [0.717, 1.165) is 52.1 Å². The van der Waals surface area contributed by atoms with Gasteiger partial charge in [0.25, 0.3) is 0 Å². The minimum atomic E-state index is 0.0180. The summed E-state index contributed by atoms with van der Waals surface area (Å²) in [7, 11) is 0. The minimum Gasteiger partial charge on any atom is -0.379 e. The number of hydrogen-bond donors (Lipinski definition) is 1. The van der Waals surface area contributed by atoms with Crippen LogP contribution in [-0.4, -0.2) is 54.9 Å². The van der Waals surface area contributed by atoms with Gasteiger partial charge in [0.1, 0.15) is 0 Å². The van der Waals surface area contributed by atoms with Crippen molar-refractivity contribution in [1.82, 2.24) is 10.2 Å². The van der Waals surface area contributed by atoms with Crippen LogP contribution in [0.25, 0.3) is 0 Å². The zero-order valence-electron chi connectivity index (χ0n) is 15.4. The summed E-state index contributed by atoms with van der Waals surface area (Å²) in [6.45, 7) is 8.82. The van der Waals surface area contributed by atoms with Crippen LogP contribution in [0.4, 0.5) is 0 Å². The molecule has 4 nitrogen and oxygen atoms in total. The lowest BCUT2D eigenvalue weighted by molar-refractivity contribution is -0.121. The first-order valence-corrected chi connectivity index (χ1v) is 10.4. The first-order chi connectivity index (χ1) is 12.2. The van der Waals surface area contributed by atoms with Crippen molar-refractivity contribution in [3.63, 3.8) is 0 Å². The third-order valence-corrected chi connectivity index (χ3v) is 6.85. The molecular weight excluding hydrogens is 332 g/mol. The van der Waals surface area contributed by atoms with Crippen molar-refractivity contribution in [1.29, 1.82) is 0 Å². The van der Waals surface area contributed by atoms with Gasteiger partial charge in [-0.15, -0.1) is 11.8 Å². The first kappa shape index (κ1) is 18.7. The Morgan fingerprint density at radius 1 is 1.28 bits per heavy atom. The lowest BCUT2D eigenvalue weighted by Crippen LogP contribution is -2.52. The number of thioether (sulfide) groups is 1. The molecule has 2 aliphatic heterocycles. The summed E-state index contributed by atoms with van der Waals surface area (Å²) in [4.78, 5) is 16.5. The van der Waals surface area contributed by atoms with Gasteiger partial charge in [-0.05, 0) is 24.0 Å². The maximum atomic E-state index is 12.7. The number of carbonyl (C=O) groups is 1. The Bertz CT molecular complexity index is 546. The molecule has 1 saturated heterocycles. The number of hydrogen-bond acceptors (Lipinski definition) is 4. The Morgan fingerprint density at radius 3 is 2.68 bits per heavy atom. The van der Waals surface area contributed by atoms with Gasteiger partial charge in [0.05, 0.1) is 18.5 Å². The van der Waals surface area contributed by atoms with Crippen molar-refractivity contribution >= 4 is 17.7 Å². The van der Waals surface area contributed by atoms with Gasteiger partial charge in [-0.2, -0.15) is 0 Å². The number of nitrogens with one attached hydrogen (secondary N) is 1. The summed E-state index contributed by atoms with van der Waals surface area (Å²) in [5.41, 5.74) is 1.30. The number of rotatable bonds is 7. The average Bonchev–Trinajstić information content (AvgIpc) is 3.10. The van der Waals surface area contributed by atoms with Gasteiger partial charge in [0.2, 0.25) is 5.91 Å². The zero-order chi connectivity index (χ0) is 17.6. The van der Waals surface area contributed by atoms with Crippen molar-refractivity contribution in [2.24, 2.45) is 5.92 Å². The molecule has 1 amide bonds. The molecule has 1 aromatic rings. The van der Waals surface area contributed by atoms with Gasteiger partial charge < -0.3 is 10.1 Å². The molecule has 0 aromatic heterocycles. The Balaban J connectivity index is 1.58. The Kier molecular flexibility index (Phi) is 6.79. The van der Waals surface area contributed by atoms with Crippen LogP contribution in [-0.2, 0) is 16.0 Å². The van der Waals surface area contributed by atoms with E-state index in [1.165, 1.54) is 10.5 Å². The van der Waals surface area contributed by atoms with Crippen LogP contribution in [0.15, 0.2) is 29.2 Å². The summed E-state index contributed by atoms with van der Waals surface area (Å²) in [5, 5.41) is 3.28. The number of amides is 1. The molecule has 0 aliphatic carbocycles. The molecule has 25 heavy (non-hydrogen) atoms. The lowest BCUT2D eigenvalue weighted by Gasteiger charge is -2.39. The van der Waals surface area contributed by atoms with Crippen LogP contribution in [0.3, 0.4) is 0 Å². The first-order valence-electron chi connectivity index (χ1n) is 9.57. The van der Waals surface area contributed by atoms with E-state index >= 15 is 0 Å². The zero-order valence-corrected chi connectivity index (χ0v) is 16.2. The molecule has 2 unspecified atom stereocenters. The molecule has 2 atom stereocenters. The van der Waals surface area contributed by atoms with Gasteiger partial charge in [-0.1, -0.05) is 44.9 Å². The highest BCUT2D eigenvalue weighted by atomic mass is 32.2. The molecular formula is C20H30N2O2S. The molecule has 3 rings (SSSR count). The third-order valence-electron chi connectivity index (χ3n) is 5.53. The van der Waals surface area contributed by atoms with E-state index in [1.54, 1.807) is 11.8 Å². The van der Waals surface area contributed by atoms with E-state index in [2.05, 4.69) is 42.3 Å². The van der Waals surface area contributed by atoms with Gasteiger partial charge >= 0.3 is 0 Å². The predicted octanol–water partition coefficient (Wildman–Crippen LogP) is 2.96. The van der Waals surface area contributed by atoms with E-state index in [9.17, 15) is 4.79 Å². The molecule has 0 radical (unpaired) electrons. The summed E-state index contributed by atoms with van der Waals surface area (Å²) >= 11 is 1.71. The van der Waals surface area contributed by atoms with Crippen LogP contribution >= 0.6 is 11.8 Å². The predicted molar refractivity (Wildman–Crippen MR) is 103 cm³/mol. The summed E-state index contributed by atoms with van der Waals surface area (Å²) in [6.07, 6.45) is 3.15. The molecule has 1 fully saturated rings. The molecule has 2 heterocycles. The number of ether oxygens (including phenoxy) is 1. The second-order valence-electron chi connectivity index (χ2n) is 6.96. The van der Waals surface area contributed by atoms with Gasteiger partial charge in [0, 0.05) is 30.6 Å². The molecule has 2 aliphatic rings. The standard InChI is InChI=1S/C20H30N2O2S/c1-3-15(4-2)17(22-9-11-24-12-10-22)14-21-20(23)19-13-16-7-5-6-8-18(16)25-19/h5-8,15,17,19H,3-4,9-14H2,1-2H3,(H,21,23). The minimum absolute atomic E-state index is 0.0180. The van der Waals surface area contributed by atoms with Crippen molar-refractivity contribution in [3.05, 3.63) is 29.8 Å². The topological polar surface area (TPSA) is 41.6 Å². The molecule has 0 saturated carbocycles. The summed E-state index contributed by atoms with van der Waals surface area (Å²) < 4.78 is 5.51. The molecule has 1 N–H and O–H groups in total. The number of carbonyl (C=O) groups excluding carboxylic acids is 1. The Morgan fingerprint density at radius 2 is 2.00 bits per heavy atom. The average molecular weight is 363 g/mol. The lowest BCUT2D eigenvalue weighted by atomic mass is 9.92. The van der Waals surface area contributed by atoms with Crippen LogP contribution in [0, 0.1) is 5.92 Å². The molecule has 0 bridgehead atoms. The quantitative estimate of drug-likeness (QED) is 0.810.